The van der Waals surface area contributed by atoms with Crippen molar-refractivity contribution in [3.8, 4) is 0 Å². The van der Waals surface area contributed by atoms with Crippen LogP contribution in [0.15, 0.2) is 60.7 Å². The van der Waals surface area contributed by atoms with E-state index >= 15 is 0 Å². The summed E-state index contributed by atoms with van der Waals surface area (Å²) in [6, 6.07) is 9.44. The maximum absolute atomic E-state index is 13.9. The molecule has 1 aliphatic heterocycles. The van der Waals surface area contributed by atoms with E-state index in [1.807, 2.05) is 19.1 Å². The standard InChI is InChI=1S/C26H23Cl2N3O6/c1-15-3-2-4-20-22(15)26(35)30(25(20)34)29(24(33)17-7-11-19(12-8-17)31(36)37)21(13-14-27)23(32)16-5-9-18(28)10-6-16/h2-3,5-12,15,20-22H,4,13-14H2,1H3/t15-,20+,21-,22+/m1/s1. The molecule has 0 unspecified atom stereocenters. The van der Waals surface area contributed by atoms with Gasteiger partial charge < -0.3 is 0 Å². The molecule has 1 fully saturated rings. The van der Waals surface area contributed by atoms with Gasteiger partial charge in [-0.1, -0.05) is 30.7 Å². The van der Waals surface area contributed by atoms with E-state index in [0.717, 1.165) is 22.2 Å². The Kier molecular flexibility index (Phi) is 7.75. The quantitative estimate of drug-likeness (QED) is 0.119. The molecule has 0 bridgehead atoms. The van der Waals surface area contributed by atoms with Crippen LogP contribution >= 0.6 is 23.2 Å². The molecule has 4 atom stereocenters. The van der Waals surface area contributed by atoms with Gasteiger partial charge in [-0.15, -0.1) is 11.6 Å². The van der Waals surface area contributed by atoms with E-state index in [1.165, 1.54) is 36.4 Å². The molecular weight excluding hydrogens is 521 g/mol. The molecule has 2 aromatic carbocycles. The Hall–Kier alpha value is -3.56. The van der Waals surface area contributed by atoms with Crippen molar-refractivity contribution in [3.63, 3.8) is 0 Å². The minimum atomic E-state index is -1.29. The molecule has 2 aromatic rings. The van der Waals surface area contributed by atoms with Crippen molar-refractivity contribution in [1.29, 1.82) is 0 Å². The number of nitro groups is 1. The van der Waals surface area contributed by atoms with Crippen LogP contribution in [0.4, 0.5) is 5.69 Å². The van der Waals surface area contributed by atoms with Gasteiger partial charge in [0.1, 0.15) is 6.04 Å². The Balaban J connectivity index is 1.81. The number of ketones is 1. The summed E-state index contributed by atoms with van der Waals surface area (Å²) < 4.78 is 0. The van der Waals surface area contributed by atoms with E-state index in [9.17, 15) is 29.3 Å². The fourth-order valence-corrected chi connectivity index (χ4v) is 5.18. The molecule has 0 saturated carbocycles. The number of allylic oxidation sites excluding steroid dienone is 2. The first-order chi connectivity index (χ1) is 17.6. The molecule has 1 heterocycles. The number of imide groups is 1. The molecular formula is C26H23Cl2N3O6. The molecule has 0 radical (unpaired) electrons. The van der Waals surface area contributed by atoms with Gasteiger partial charge in [0, 0.05) is 34.2 Å². The molecule has 0 N–H and O–H groups in total. The molecule has 2 aliphatic rings. The van der Waals surface area contributed by atoms with Gasteiger partial charge in [0.15, 0.2) is 5.78 Å². The smallest absolute Gasteiger partial charge is 0.273 e. The molecule has 1 aliphatic carbocycles. The molecule has 4 rings (SSSR count). The number of carbonyl (C=O) groups is 4. The summed E-state index contributed by atoms with van der Waals surface area (Å²) >= 11 is 12.0. The van der Waals surface area contributed by atoms with E-state index in [4.69, 9.17) is 23.2 Å². The second kappa shape index (κ2) is 10.8. The minimum absolute atomic E-state index is 0.0317. The first-order valence-corrected chi connectivity index (χ1v) is 12.5. The average Bonchev–Trinajstić information content (AvgIpc) is 3.14. The second-order valence-corrected chi connectivity index (χ2v) is 9.78. The van der Waals surface area contributed by atoms with E-state index in [2.05, 4.69) is 0 Å². The van der Waals surface area contributed by atoms with Crippen molar-refractivity contribution in [1.82, 2.24) is 10.0 Å². The maximum atomic E-state index is 13.9. The number of alkyl halides is 1. The summed E-state index contributed by atoms with van der Waals surface area (Å²) in [6.45, 7) is 1.82. The fourth-order valence-electron chi connectivity index (χ4n) is 4.85. The number of fused-ring (bicyclic) bond motifs is 1. The Labute approximate surface area is 222 Å². The van der Waals surface area contributed by atoms with E-state index in [1.54, 1.807) is 0 Å². The summed E-state index contributed by atoms with van der Waals surface area (Å²) in [7, 11) is 0. The summed E-state index contributed by atoms with van der Waals surface area (Å²) in [4.78, 5) is 65.2. The number of benzene rings is 2. The SMILES string of the molecule is C[C@@H]1C=CC[C@@H]2C(=O)N(N(C(=O)c3ccc([N+](=O)[O-])cc3)[C@H](CCCl)C(=O)c3ccc(Cl)cc3)C(=O)[C@@H]12. The van der Waals surface area contributed by atoms with Gasteiger partial charge in [0.05, 0.1) is 16.8 Å². The van der Waals surface area contributed by atoms with Crippen molar-refractivity contribution in [2.75, 3.05) is 5.88 Å². The number of carbonyl (C=O) groups excluding carboxylic acids is 4. The molecule has 11 heteroatoms. The average molecular weight is 544 g/mol. The van der Waals surface area contributed by atoms with Crippen LogP contribution in [0, 0.1) is 27.9 Å². The number of nitro benzene ring substituents is 1. The maximum Gasteiger partial charge on any atom is 0.273 e. The largest absolute Gasteiger partial charge is 0.292 e. The zero-order chi connectivity index (χ0) is 26.9. The minimum Gasteiger partial charge on any atom is -0.292 e. The lowest BCUT2D eigenvalue weighted by Crippen LogP contribution is -2.57. The first-order valence-electron chi connectivity index (χ1n) is 11.6. The predicted molar refractivity (Wildman–Crippen MR) is 136 cm³/mol. The number of Topliss-reactive ketones (excluding diaryl/α,β-unsaturated/α-hetero) is 1. The Morgan fingerprint density at radius 1 is 1.08 bits per heavy atom. The first kappa shape index (κ1) is 26.5. The van der Waals surface area contributed by atoms with Gasteiger partial charge in [0.25, 0.3) is 23.4 Å². The monoisotopic (exact) mass is 543 g/mol. The second-order valence-electron chi connectivity index (χ2n) is 8.96. The molecule has 0 spiro atoms. The van der Waals surface area contributed by atoms with Crippen LogP contribution in [0.2, 0.25) is 5.02 Å². The van der Waals surface area contributed by atoms with Crippen molar-refractivity contribution in [2.24, 2.45) is 17.8 Å². The zero-order valence-corrected chi connectivity index (χ0v) is 21.3. The normalized spacial score (nSPS) is 21.5. The Bertz CT molecular complexity index is 1280. The van der Waals surface area contributed by atoms with Crippen LogP contribution in [-0.4, -0.2) is 50.4 Å². The molecule has 1 saturated heterocycles. The van der Waals surface area contributed by atoms with Crippen LogP contribution in [0.3, 0.4) is 0 Å². The fraction of sp³-hybridized carbons (Fsp3) is 0.308. The van der Waals surface area contributed by atoms with Crippen LogP contribution in [0.1, 0.15) is 40.5 Å². The van der Waals surface area contributed by atoms with Crippen LogP contribution in [-0.2, 0) is 9.59 Å². The summed E-state index contributed by atoms with van der Waals surface area (Å²) in [5.74, 6) is -4.14. The van der Waals surface area contributed by atoms with Gasteiger partial charge in [-0.3, -0.25) is 29.3 Å². The number of non-ortho nitro benzene ring substituents is 1. The van der Waals surface area contributed by atoms with Gasteiger partial charge in [-0.2, -0.15) is 5.01 Å². The third-order valence-corrected chi connectivity index (χ3v) is 7.18. The number of amides is 3. The van der Waals surface area contributed by atoms with Crippen molar-refractivity contribution in [2.45, 2.75) is 25.8 Å². The van der Waals surface area contributed by atoms with Crippen LogP contribution in [0.5, 0.6) is 0 Å². The van der Waals surface area contributed by atoms with Crippen molar-refractivity contribution >= 4 is 52.4 Å². The number of nitrogens with zero attached hydrogens (tertiary/aromatic N) is 3. The number of halogens is 2. The van der Waals surface area contributed by atoms with Gasteiger partial charge >= 0.3 is 0 Å². The summed E-state index contributed by atoms with van der Waals surface area (Å²) in [6.07, 6.45) is 3.97. The van der Waals surface area contributed by atoms with Crippen molar-refractivity contribution in [3.05, 3.63) is 86.9 Å². The highest BCUT2D eigenvalue weighted by Gasteiger charge is 2.54. The lowest BCUT2D eigenvalue weighted by Gasteiger charge is -2.36. The molecule has 9 nitrogen and oxygen atoms in total. The van der Waals surface area contributed by atoms with Crippen molar-refractivity contribution < 1.29 is 24.1 Å². The third-order valence-electron chi connectivity index (χ3n) is 6.71. The lowest BCUT2D eigenvalue weighted by molar-refractivity contribution is -0.384. The summed E-state index contributed by atoms with van der Waals surface area (Å²) in [5.41, 5.74) is -0.0554. The lowest BCUT2D eigenvalue weighted by atomic mass is 9.78. The topological polar surface area (TPSA) is 118 Å². The van der Waals surface area contributed by atoms with Gasteiger partial charge in [-0.05, 0) is 55.2 Å². The third kappa shape index (κ3) is 5.01. The number of hydrogen-bond acceptors (Lipinski definition) is 6. The van der Waals surface area contributed by atoms with E-state index < -0.39 is 46.3 Å². The number of hydrazine groups is 1. The highest BCUT2D eigenvalue weighted by atomic mass is 35.5. The molecule has 0 aromatic heterocycles. The molecule has 192 valence electrons. The number of hydrogen-bond donors (Lipinski definition) is 0. The predicted octanol–water partition coefficient (Wildman–Crippen LogP) is 4.68. The Morgan fingerprint density at radius 2 is 1.70 bits per heavy atom. The van der Waals surface area contributed by atoms with Crippen LogP contribution < -0.4 is 0 Å². The highest BCUT2D eigenvalue weighted by Crippen LogP contribution is 2.40. The van der Waals surface area contributed by atoms with Gasteiger partial charge in [0.2, 0.25) is 0 Å². The zero-order valence-electron chi connectivity index (χ0n) is 19.8. The molecule has 37 heavy (non-hydrogen) atoms. The van der Waals surface area contributed by atoms with Crippen LogP contribution in [0.25, 0.3) is 0 Å². The highest BCUT2D eigenvalue weighted by molar-refractivity contribution is 6.30. The Morgan fingerprint density at radius 3 is 2.27 bits per heavy atom. The van der Waals surface area contributed by atoms with Gasteiger partial charge in [-0.25, -0.2) is 5.01 Å². The van der Waals surface area contributed by atoms with E-state index in [-0.39, 0.29) is 35.0 Å². The number of rotatable bonds is 8. The van der Waals surface area contributed by atoms with E-state index in [0.29, 0.717) is 11.4 Å². The molecule has 3 amide bonds. The summed E-state index contributed by atoms with van der Waals surface area (Å²) in [5, 5.41) is 13.2.